The molecule has 0 aliphatic rings. The average molecular weight is 304 g/mol. The van der Waals surface area contributed by atoms with Crippen molar-refractivity contribution < 1.29 is 23.8 Å². The number of ether oxygens (including phenoxy) is 1. The van der Waals surface area contributed by atoms with E-state index in [4.69, 9.17) is 21.4 Å². The number of hydrogen-bond donors (Lipinski definition) is 2. The van der Waals surface area contributed by atoms with E-state index in [0.29, 0.717) is 13.0 Å². The Morgan fingerprint density at radius 1 is 1.50 bits per heavy atom. The van der Waals surface area contributed by atoms with Gasteiger partial charge in [0.1, 0.15) is 11.9 Å². The molecule has 0 spiro atoms. The molecular weight excluding hydrogens is 289 g/mol. The summed E-state index contributed by atoms with van der Waals surface area (Å²) in [6.07, 6.45) is 0.716. The highest BCUT2D eigenvalue weighted by atomic mass is 35.5. The maximum atomic E-state index is 13.2. The minimum atomic E-state index is -1.15. The molecule has 20 heavy (non-hydrogen) atoms. The Balaban J connectivity index is 2.69. The fraction of sp³-hybridized carbons (Fsp3) is 0.385. The van der Waals surface area contributed by atoms with E-state index in [0.717, 1.165) is 6.07 Å². The first-order valence-corrected chi connectivity index (χ1v) is 6.31. The van der Waals surface area contributed by atoms with E-state index in [1.807, 2.05) is 0 Å². The van der Waals surface area contributed by atoms with Crippen LogP contribution in [0.15, 0.2) is 18.2 Å². The standard InChI is InChI=1S/C13H15ClFNO4/c1-20-6-2-3-11(13(18)19)16-12(17)8-4-5-9(14)10(15)7-8/h4-5,7,11H,2-3,6H2,1H3,(H,16,17)(H,18,19). The summed E-state index contributed by atoms with van der Waals surface area (Å²) in [6, 6.07) is 2.49. The van der Waals surface area contributed by atoms with Gasteiger partial charge in [-0.2, -0.15) is 0 Å². The van der Waals surface area contributed by atoms with Crippen LogP contribution in [0.5, 0.6) is 0 Å². The molecule has 0 saturated heterocycles. The molecule has 0 bridgehead atoms. The summed E-state index contributed by atoms with van der Waals surface area (Å²) in [5.74, 6) is -2.54. The highest BCUT2D eigenvalue weighted by molar-refractivity contribution is 6.30. The van der Waals surface area contributed by atoms with Gasteiger partial charge in [-0.3, -0.25) is 4.79 Å². The van der Waals surface area contributed by atoms with Gasteiger partial charge >= 0.3 is 5.97 Å². The maximum absolute atomic E-state index is 13.2. The molecule has 1 aromatic rings. The van der Waals surface area contributed by atoms with Crippen molar-refractivity contribution >= 4 is 23.5 Å². The van der Waals surface area contributed by atoms with Crippen molar-refractivity contribution in [2.75, 3.05) is 13.7 Å². The number of halogens is 2. The summed E-state index contributed by atoms with van der Waals surface area (Å²) in [5, 5.41) is 11.3. The predicted molar refractivity (Wildman–Crippen MR) is 71.4 cm³/mol. The number of methoxy groups -OCH3 is 1. The molecule has 1 atom stereocenters. The first kappa shape index (κ1) is 16.4. The number of carboxylic acids is 1. The fourth-order valence-electron chi connectivity index (χ4n) is 1.57. The van der Waals surface area contributed by atoms with Crippen LogP contribution < -0.4 is 5.32 Å². The van der Waals surface area contributed by atoms with Crippen molar-refractivity contribution in [3.05, 3.63) is 34.6 Å². The zero-order valence-corrected chi connectivity index (χ0v) is 11.6. The lowest BCUT2D eigenvalue weighted by Crippen LogP contribution is -2.40. The van der Waals surface area contributed by atoms with Crippen molar-refractivity contribution in [3.8, 4) is 0 Å². The van der Waals surface area contributed by atoms with Gasteiger partial charge in [-0.15, -0.1) is 0 Å². The lowest BCUT2D eigenvalue weighted by Gasteiger charge is -2.14. The molecule has 5 nitrogen and oxygen atoms in total. The molecule has 0 aliphatic carbocycles. The molecule has 1 aromatic carbocycles. The van der Waals surface area contributed by atoms with Crippen molar-refractivity contribution in [1.82, 2.24) is 5.32 Å². The fourth-order valence-corrected chi connectivity index (χ4v) is 1.69. The predicted octanol–water partition coefficient (Wildman–Crippen LogP) is 2.09. The Morgan fingerprint density at radius 2 is 2.20 bits per heavy atom. The summed E-state index contributed by atoms with van der Waals surface area (Å²) in [6.45, 7) is 0.398. The Morgan fingerprint density at radius 3 is 2.75 bits per heavy atom. The van der Waals surface area contributed by atoms with Crippen LogP contribution in [0.3, 0.4) is 0 Å². The van der Waals surface area contributed by atoms with Crippen LogP contribution in [-0.2, 0) is 9.53 Å². The molecule has 1 amide bonds. The smallest absolute Gasteiger partial charge is 0.326 e. The van der Waals surface area contributed by atoms with Crippen LogP contribution >= 0.6 is 11.6 Å². The summed E-state index contributed by atoms with van der Waals surface area (Å²) in [7, 11) is 1.50. The minimum absolute atomic E-state index is 0.0184. The molecule has 1 unspecified atom stereocenters. The first-order chi connectivity index (χ1) is 9.45. The van der Waals surface area contributed by atoms with E-state index in [2.05, 4.69) is 5.32 Å². The number of benzene rings is 1. The number of carboxylic acid groups (broad SMARTS) is 1. The Hall–Kier alpha value is -1.66. The Kier molecular flexibility index (Phi) is 6.41. The topological polar surface area (TPSA) is 75.6 Å². The number of rotatable bonds is 7. The SMILES string of the molecule is COCCCC(NC(=O)c1ccc(Cl)c(F)c1)C(=O)O. The zero-order valence-electron chi connectivity index (χ0n) is 10.9. The minimum Gasteiger partial charge on any atom is -0.480 e. The highest BCUT2D eigenvalue weighted by Gasteiger charge is 2.20. The first-order valence-electron chi connectivity index (χ1n) is 5.93. The second-order valence-electron chi connectivity index (χ2n) is 4.13. The second kappa shape index (κ2) is 7.81. The number of hydrogen-bond acceptors (Lipinski definition) is 3. The largest absolute Gasteiger partial charge is 0.480 e. The van der Waals surface area contributed by atoms with E-state index in [9.17, 15) is 14.0 Å². The van der Waals surface area contributed by atoms with Crippen LogP contribution in [0.4, 0.5) is 4.39 Å². The summed E-state index contributed by atoms with van der Waals surface area (Å²) < 4.78 is 18.1. The average Bonchev–Trinajstić information content (AvgIpc) is 2.40. The Labute approximate surface area is 120 Å². The normalized spacial score (nSPS) is 11.9. The van der Waals surface area contributed by atoms with Crippen molar-refractivity contribution in [3.63, 3.8) is 0 Å². The van der Waals surface area contributed by atoms with Crippen molar-refractivity contribution in [1.29, 1.82) is 0 Å². The van der Waals surface area contributed by atoms with Gasteiger partial charge in [-0.1, -0.05) is 11.6 Å². The van der Waals surface area contributed by atoms with E-state index in [1.54, 1.807) is 0 Å². The van der Waals surface area contributed by atoms with Gasteiger partial charge in [-0.05, 0) is 31.0 Å². The number of nitrogens with one attached hydrogen (secondary N) is 1. The molecule has 0 fully saturated rings. The number of amides is 1. The van der Waals surface area contributed by atoms with Gasteiger partial charge in [0.2, 0.25) is 0 Å². The lowest BCUT2D eigenvalue weighted by atomic mass is 10.1. The number of carbonyl (C=O) groups excluding carboxylic acids is 1. The second-order valence-corrected chi connectivity index (χ2v) is 4.54. The molecule has 7 heteroatoms. The lowest BCUT2D eigenvalue weighted by molar-refractivity contribution is -0.139. The van der Waals surface area contributed by atoms with Gasteiger partial charge in [0.25, 0.3) is 5.91 Å². The van der Waals surface area contributed by atoms with Crippen LogP contribution in [0.1, 0.15) is 23.2 Å². The van der Waals surface area contributed by atoms with Crippen molar-refractivity contribution in [2.45, 2.75) is 18.9 Å². The molecular formula is C13H15ClFNO4. The van der Waals surface area contributed by atoms with E-state index in [1.165, 1.54) is 19.2 Å². The van der Waals surface area contributed by atoms with Crippen LogP contribution in [-0.4, -0.2) is 36.7 Å². The van der Waals surface area contributed by atoms with Gasteiger partial charge in [0.15, 0.2) is 0 Å². The summed E-state index contributed by atoms with van der Waals surface area (Å²) in [4.78, 5) is 22.9. The van der Waals surface area contributed by atoms with Crippen LogP contribution in [0, 0.1) is 5.82 Å². The molecule has 1 rings (SSSR count). The van der Waals surface area contributed by atoms with Crippen LogP contribution in [0.2, 0.25) is 5.02 Å². The molecule has 0 aromatic heterocycles. The third-order valence-corrected chi connectivity index (χ3v) is 2.93. The molecule has 0 saturated carbocycles. The number of carbonyl (C=O) groups is 2. The van der Waals surface area contributed by atoms with Crippen LogP contribution in [0.25, 0.3) is 0 Å². The molecule has 0 heterocycles. The van der Waals surface area contributed by atoms with Gasteiger partial charge < -0.3 is 15.2 Å². The van der Waals surface area contributed by atoms with E-state index >= 15 is 0 Å². The van der Waals surface area contributed by atoms with E-state index < -0.39 is 23.7 Å². The number of aliphatic carboxylic acids is 1. The monoisotopic (exact) mass is 303 g/mol. The third kappa shape index (κ3) is 4.79. The maximum Gasteiger partial charge on any atom is 0.326 e. The third-order valence-electron chi connectivity index (χ3n) is 2.63. The van der Waals surface area contributed by atoms with Gasteiger partial charge in [0, 0.05) is 19.3 Å². The van der Waals surface area contributed by atoms with Gasteiger partial charge in [-0.25, -0.2) is 9.18 Å². The summed E-state index contributed by atoms with van der Waals surface area (Å²) >= 11 is 5.51. The molecule has 110 valence electrons. The quantitative estimate of drug-likeness (QED) is 0.756. The Bertz CT molecular complexity index is 495. The highest BCUT2D eigenvalue weighted by Crippen LogP contribution is 2.15. The molecule has 0 aliphatic heterocycles. The molecule has 0 radical (unpaired) electrons. The molecule has 2 N–H and O–H groups in total. The van der Waals surface area contributed by atoms with E-state index in [-0.39, 0.29) is 17.0 Å². The van der Waals surface area contributed by atoms with Gasteiger partial charge in [0.05, 0.1) is 5.02 Å². The zero-order chi connectivity index (χ0) is 15.1. The summed E-state index contributed by atoms with van der Waals surface area (Å²) in [5.41, 5.74) is 0.0184. The van der Waals surface area contributed by atoms with Crippen molar-refractivity contribution in [2.24, 2.45) is 0 Å².